The van der Waals surface area contributed by atoms with E-state index in [9.17, 15) is 9.59 Å². The second-order valence-corrected chi connectivity index (χ2v) is 5.26. The third-order valence-electron chi connectivity index (χ3n) is 2.29. The maximum atomic E-state index is 11.4. The molecule has 1 rings (SSSR count). The summed E-state index contributed by atoms with van der Waals surface area (Å²) in [6.45, 7) is 5.64. The zero-order valence-electron chi connectivity index (χ0n) is 11.8. The molecule has 0 aliphatic heterocycles. The smallest absolute Gasteiger partial charge is 0.407 e. The summed E-state index contributed by atoms with van der Waals surface area (Å²) in [5.41, 5.74) is 5.53. The van der Waals surface area contributed by atoms with Crippen LogP contribution in [0.15, 0.2) is 12.3 Å². The fourth-order valence-corrected chi connectivity index (χ4v) is 1.45. The molecule has 1 aromatic heterocycles. The highest BCUT2D eigenvalue weighted by atomic mass is 16.6. The maximum Gasteiger partial charge on any atom is 0.407 e. The Morgan fingerprint density at radius 2 is 2.10 bits per heavy atom. The number of nitrogens with one attached hydrogen (secondary N) is 1. The third-order valence-corrected chi connectivity index (χ3v) is 2.29. The average molecular weight is 281 g/mol. The summed E-state index contributed by atoms with van der Waals surface area (Å²) < 4.78 is 5.08. The number of hydrogen-bond acceptors (Lipinski definition) is 5. The maximum absolute atomic E-state index is 11.4. The summed E-state index contributed by atoms with van der Waals surface area (Å²) in [4.78, 5) is 26.1. The molecule has 1 amide bonds. The van der Waals surface area contributed by atoms with Crippen molar-refractivity contribution in [1.29, 1.82) is 0 Å². The number of anilines is 1. The number of alkyl carbamates (subject to hydrolysis) is 1. The third kappa shape index (κ3) is 5.13. The molecule has 0 saturated heterocycles. The Morgan fingerprint density at radius 1 is 1.45 bits per heavy atom. The SMILES string of the molecule is CC(C)(C)OC(=O)NCCc1cnc(N)c(C(=O)O)c1. The summed E-state index contributed by atoms with van der Waals surface area (Å²) in [7, 11) is 0. The van der Waals surface area contributed by atoms with Gasteiger partial charge in [-0.25, -0.2) is 14.6 Å². The number of carboxylic acid groups (broad SMARTS) is 1. The fourth-order valence-electron chi connectivity index (χ4n) is 1.45. The lowest BCUT2D eigenvalue weighted by Crippen LogP contribution is -2.33. The van der Waals surface area contributed by atoms with Crippen LogP contribution in [0.25, 0.3) is 0 Å². The van der Waals surface area contributed by atoms with E-state index in [0.29, 0.717) is 18.5 Å². The van der Waals surface area contributed by atoms with Gasteiger partial charge in [0.25, 0.3) is 0 Å². The standard InChI is InChI=1S/C13H19N3O4/c1-13(2,3)20-12(19)15-5-4-8-6-9(11(17)18)10(14)16-7-8/h6-7H,4-5H2,1-3H3,(H2,14,16)(H,15,19)(H,17,18). The molecule has 7 heteroatoms. The number of carboxylic acids is 1. The summed E-state index contributed by atoms with van der Waals surface area (Å²) >= 11 is 0. The van der Waals surface area contributed by atoms with Gasteiger partial charge in [-0.2, -0.15) is 0 Å². The van der Waals surface area contributed by atoms with E-state index in [1.807, 2.05) is 0 Å². The van der Waals surface area contributed by atoms with Gasteiger partial charge in [-0.15, -0.1) is 0 Å². The van der Waals surface area contributed by atoms with Crippen LogP contribution in [0.3, 0.4) is 0 Å². The average Bonchev–Trinajstić information content (AvgIpc) is 2.28. The molecule has 0 spiro atoms. The molecule has 0 radical (unpaired) electrons. The van der Waals surface area contributed by atoms with E-state index in [-0.39, 0.29) is 11.4 Å². The molecular formula is C13H19N3O4. The lowest BCUT2D eigenvalue weighted by molar-refractivity contribution is 0.0527. The van der Waals surface area contributed by atoms with Gasteiger partial charge in [0.05, 0.1) is 0 Å². The molecule has 1 aromatic rings. The van der Waals surface area contributed by atoms with Crippen molar-refractivity contribution in [2.75, 3.05) is 12.3 Å². The van der Waals surface area contributed by atoms with Gasteiger partial charge < -0.3 is 20.9 Å². The van der Waals surface area contributed by atoms with Crippen LogP contribution in [-0.2, 0) is 11.2 Å². The minimum atomic E-state index is -1.13. The first kappa shape index (κ1) is 15.7. The van der Waals surface area contributed by atoms with Gasteiger partial charge in [0.1, 0.15) is 17.0 Å². The molecular weight excluding hydrogens is 262 g/mol. The molecule has 20 heavy (non-hydrogen) atoms. The van der Waals surface area contributed by atoms with E-state index < -0.39 is 17.7 Å². The summed E-state index contributed by atoms with van der Waals surface area (Å²) in [5.74, 6) is -1.15. The van der Waals surface area contributed by atoms with Crippen molar-refractivity contribution in [1.82, 2.24) is 10.3 Å². The quantitative estimate of drug-likeness (QED) is 0.769. The number of ether oxygens (including phenoxy) is 1. The predicted molar refractivity (Wildman–Crippen MR) is 73.5 cm³/mol. The normalized spacial score (nSPS) is 10.9. The number of carbonyl (C=O) groups is 2. The zero-order valence-corrected chi connectivity index (χ0v) is 11.8. The second-order valence-electron chi connectivity index (χ2n) is 5.26. The number of aromatic nitrogens is 1. The molecule has 0 fully saturated rings. The topological polar surface area (TPSA) is 115 Å². The lowest BCUT2D eigenvalue weighted by Gasteiger charge is -2.19. The van der Waals surface area contributed by atoms with E-state index in [2.05, 4.69) is 10.3 Å². The molecule has 0 bridgehead atoms. The number of rotatable bonds is 4. The van der Waals surface area contributed by atoms with Crippen molar-refractivity contribution >= 4 is 17.9 Å². The molecule has 0 aliphatic carbocycles. The van der Waals surface area contributed by atoms with E-state index in [1.165, 1.54) is 12.3 Å². The van der Waals surface area contributed by atoms with Crippen molar-refractivity contribution in [2.45, 2.75) is 32.8 Å². The van der Waals surface area contributed by atoms with Crippen molar-refractivity contribution in [3.63, 3.8) is 0 Å². The van der Waals surface area contributed by atoms with Crippen LogP contribution in [0.5, 0.6) is 0 Å². The van der Waals surface area contributed by atoms with Gasteiger partial charge in [-0.1, -0.05) is 0 Å². The molecule has 0 saturated carbocycles. The molecule has 0 aliphatic rings. The van der Waals surface area contributed by atoms with Gasteiger partial charge in [0, 0.05) is 12.7 Å². The van der Waals surface area contributed by atoms with Crippen LogP contribution in [0.2, 0.25) is 0 Å². The Balaban J connectivity index is 2.53. The molecule has 1 heterocycles. The molecule has 0 unspecified atom stereocenters. The van der Waals surface area contributed by atoms with Gasteiger partial charge in [-0.05, 0) is 38.8 Å². The Kier molecular flexibility index (Phi) is 4.90. The number of carbonyl (C=O) groups excluding carboxylic acids is 1. The molecule has 0 atom stereocenters. The summed E-state index contributed by atoms with van der Waals surface area (Å²) in [6.07, 6.45) is 1.41. The fraction of sp³-hybridized carbons (Fsp3) is 0.462. The largest absolute Gasteiger partial charge is 0.478 e. The van der Waals surface area contributed by atoms with Crippen LogP contribution in [0.1, 0.15) is 36.7 Å². The first-order chi connectivity index (χ1) is 9.19. The van der Waals surface area contributed by atoms with Gasteiger partial charge in [0.15, 0.2) is 0 Å². The zero-order chi connectivity index (χ0) is 15.3. The van der Waals surface area contributed by atoms with Crippen LogP contribution in [0.4, 0.5) is 10.6 Å². The van der Waals surface area contributed by atoms with Crippen molar-refractivity contribution in [2.24, 2.45) is 0 Å². The van der Waals surface area contributed by atoms with Gasteiger partial charge in [0.2, 0.25) is 0 Å². The van der Waals surface area contributed by atoms with Crippen LogP contribution in [0, 0.1) is 0 Å². The minimum Gasteiger partial charge on any atom is -0.478 e. The monoisotopic (exact) mass is 281 g/mol. The highest BCUT2D eigenvalue weighted by Gasteiger charge is 2.15. The Hall–Kier alpha value is -2.31. The first-order valence-corrected chi connectivity index (χ1v) is 6.13. The second kappa shape index (κ2) is 6.23. The number of nitrogens with zero attached hydrogens (tertiary/aromatic N) is 1. The highest BCUT2D eigenvalue weighted by Crippen LogP contribution is 2.11. The van der Waals surface area contributed by atoms with E-state index in [0.717, 1.165) is 0 Å². The number of amides is 1. The Bertz CT molecular complexity index is 509. The van der Waals surface area contributed by atoms with Crippen molar-refractivity contribution in [3.8, 4) is 0 Å². The lowest BCUT2D eigenvalue weighted by atomic mass is 10.1. The number of nitrogen functional groups attached to an aromatic ring is 1. The predicted octanol–water partition coefficient (Wildman–Crippen LogP) is 1.43. The van der Waals surface area contributed by atoms with Crippen LogP contribution >= 0.6 is 0 Å². The first-order valence-electron chi connectivity index (χ1n) is 6.13. The summed E-state index contributed by atoms with van der Waals surface area (Å²) in [6, 6.07) is 1.45. The summed E-state index contributed by atoms with van der Waals surface area (Å²) in [5, 5.41) is 11.5. The van der Waals surface area contributed by atoms with Crippen molar-refractivity contribution in [3.05, 3.63) is 23.4 Å². The Morgan fingerprint density at radius 3 is 2.65 bits per heavy atom. The van der Waals surface area contributed by atoms with Crippen LogP contribution < -0.4 is 11.1 Å². The molecule has 0 aromatic carbocycles. The number of nitrogens with two attached hydrogens (primary N) is 1. The number of hydrogen-bond donors (Lipinski definition) is 3. The molecule has 4 N–H and O–H groups in total. The van der Waals surface area contributed by atoms with Gasteiger partial charge >= 0.3 is 12.1 Å². The van der Waals surface area contributed by atoms with Crippen molar-refractivity contribution < 1.29 is 19.4 Å². The molecule has 7 nitrogen and oxygen atoms in total. The van der Waals surface area contributed by atoms with E-state index in [1.54, 1.807) is 20.8 Å². The van der Waals surface area contributed by atoms with E-state index >= 15 is 0 Å². The number of pyridine rings is 1. The van der Waals surface area contributed by atoms with E-state index in [4.69, 9.17) is 15.6 Å². The minimum absolute atomic E-state index is 0.0265. The van der Waals surface area contributed by atoms with Gasteiger partial charge in [-0.3, -0.25) is 0 Å². The molecule has 110 valence electrons. The highest BCUT2D eigenvalue weighted by molar-refractivity contribution is 5.92. The van der Waals surface area contributed by atoms with Crippen LogP contribution in [-0.4, -0.2) is 34.3 Å². The Labute approximate surface area is 117 Å². The number of aromatic carboxylic acids is 1.